The fourth-order valence-electron chi connectivity index (χ4n) is 2.52. The van der Waals surface area contributed by atoms with Crippen LogP contribution in [-0.4, -0.2) is 16.5 Å². The van der Waals surface area contributed by atoms with Gasteiger partial charge in [0.15, 0.2) is 5.78 Å². The maximum Gasteiger partial charge on any atom is 0.194 e. The first-order chi connectivity index (χ1) is 8.15. The summed E-state index contributed by atoms with van der Waals surface area (Å²) in [5.41, 5.74) is 0.759. The summed E-state index contributed by atoms with van der Waals surface area (Å²) in [6, 6.07) is 7.63. The molecule has 1 aliphatic rings. The van der Waals surface area contributed by atoms with E-state index in [9.17, 15) is 9.90 Å². The molecule has 0 aliphatic heterocycles. The highest BCUT2D eigenvalue weighted by molar-refractivity contribution is 6.02. The van der Waals surface area contributed by atoms with Crippen molar-refractivity contribution in [3.8, 4) is 0 Å². The number of rotatable bonds is 3. The average molecular weight is 232 g/mol. The molecule has 0 amide bonds. The Morgan fingerprint density at radius 1 is 1.18 bits per heavy atom. The topological polar surface area (TPSA) is 37.3 Å². The highest BCUT2D eigenvalue weighted by Crippen LogP contribution is 2.31. The predicted molar refractivity (Wildman–Crippen MR) is 68.2 cm³/mol. The molecule has 1 aromatic rings. The lowest BCUT2D eigenvalue weighted by Crippen LogP contribution is -2.40. The van der Waals surface area contributed by atoms with E-state index in [4.69, 9.17) is 0 Å². The number of carbonyl (C=O) groups is 1. The van der Waals surface area contributed by atoms with Crippen molar-refractivity contribution in [1.29, 1.82) is 0 Å². The molecule has 1 aliphatic carbocycles. The SMILES string of the molecule is CCc1ccc(C(=O)C2(O)CCCCC2)cc1. The first-order valence-corrected chi connectivity index (χ1v) is 6.52. The van der Waals surface area contributed by atoms with Gasteiger partial charge in [-0.1, -0.05) is 50.5 Å². The molecule has 1 saturated carbocycles. The zero-order chi connectivity index (χ0) is 12.3. The predicted octanol–water partition coefficient (Wildman–Crippen LogP) is 3.13. The lowest BCUT2D eigenvalue weighted by Gasteiger charge is -2.30. The van der Waals surface area contributed by atoms with E-state index in [1.807, 2.05) is 24.3 Å². The molecule has 17 heavy (non-hydrogen) atoms. The Bertz CT molecular complexity index is 386. The maximum atomic E-state index is 12.3. The highest BCUT2D eigenvalue weighted by Gasteiger charge is 2.37. The van der Waals surface area contributed by atoms with Crippen LogP contribution in [0, 0.1) is 0 Å². The van der Waals surface area contributed by atoms with Gasteiger partial charge in [-0.05, 0) is 24.8 Å². The van der Waals surface area contributed by atoms with E-state index in [0.717, 1.165) is 25.7 Å². The van der Waals surface area contributed by atoms with Gasteiger partial charge in [0, 0.05) is 5.56 Å². The standard InChI is InChI=1S/C15H20O2/c1-2-12-6-8-13(9-7-12)14(16)15(17)10-4-3-5-11-15/h6-9,17H,2-5,10-11H2,1H3. The molecule has 0 aromatic heterocycles. The van der Waals surface area contributed by atoms with Crippen LogP contribution in [0.15, 0.2) is 24.3 Å². The summed E-state index contributed by atoms with van der Waals surface area (Å²) >= 11 is 0. The van der Waals surface area contributed by atoms with Gasteiger partial charge in [0.25, 0.3) is 0 Å². The molecule has 2 nitrogen and oxygen atoms in total. The Labute approximate surface area is 103 Å². The van der Waals surface area contributed by atoms with E-state index in [1.54, 1.807) is 0 Å². The van der Waals surface area contributed by atoms with Crippen LogP contribution in [0.4, 0.5) is 0 Å². The van der Waals surface area contributed by atoms with E-state index >= 15 is 0 Å². The summed E-state index contributed by atoms with van der Waals surface area (Å²) in [6.07, 6.45) is 5.23. The molecular weight excluding hydrogens is 212 g/mol. The second-order valence-electron chi connectivity index (χ2n) is 4.97. The molecule has 0 heterocycles. The maximum absolute atomic E-state index is 12.3. The van der Waals surface area contributed by atoms with Gasteiger partial charge in [-0.25, -0.2) is 0 Å². The number of ketones is 1. The van der Waals surface area contributed by atoms with Gasteiger partial charge in [0.2, 0.25) is 0 Å². The molecule has 0 unspecified atom stereocenters. The second-order valence-corrected chi connectivity index (χ2v) is 4.97. The summed E-state index contributed by atoms with van der Waals surface area (Å²) in [4.78, 5) is 12.3. The number of hydrogen-bond acceptors (Lipinski definition) is 2. The molecule has 1 aromatic carbocycles. The molecular formula is C15H20O2. The summed E-state index contributed by atoms with van der Waals surface area (Å²) in [7, 11) is 0. The number of aliphatic hydroxyl groups is 1. The third-order valence-corrected chi connectivity index (χ3v) is 3.73. The van der Waals surface area contributed by atoms with Crippen LogP contribution >= 0.6 is 0 Å². The first-order valence-electron chi connectivity index (χ1n) is 6.52. The Kier molecular flexibility index (Phi) is 3.63. The van der Waals surface area contributed by atoms with Gasteiger partial charge in [0.1, 0.15) is 5.60 Å². The zero-order valence-corrected chi connectivity index (χ0v) is 10.4. The van der Waals surface area contributed by atoms with Crippen LogP contribution in [0.2, 0.25) is 0 Å². The number of hydrogen-bond donors (Lipinski definition) is 1. The Morgan fingerprint density at radius 2 is 1.76 bits per heavy atom. The van der Waals surface area contributed by atoms with Crippen LogP contribution in [0.5, 0.6) is 0 Å². The van der Waals surface area contributed by atoms with Crippen molar-refractivity contribution >= 4 is 5.78 Å². The number of aryl methyl sites for hydroxylation is 1. The van der Waals surface area contributed by atoms with Crippen molar-refractivity contribution in [2.24, 2.45) is 0 Å². The lowest BCUT2D eigenvalue weighted by molar-refractivity contribution is 0.0116. The van der Waals surface area contributed by atoms with Gasteiger partial charge >= 0.3 is 0 Å². The van der Waals surface area contributed by atoms with Gasteiger partial charge < -0.3 is 5.11 Å². The Balaban J connectivity index is 2.17. The summed E-state index contributed by atoms with van der Waals surface area (Å²) in [5.74, 6) is -0.0974. The van der Waals surface area contributed by atoms with Gasteiger partial charge in [-0.3, -0.25) is 4.79 Å². The van der Waals surface area contributed by atoms with Crippen LogP contribution in [0.25, 0.3) is 0 Å². The molecule has 1 fully saturated rings. The first kappa shape index (κ1) is 12.3. The summed E-state index contributed by atoms with van der Waals surface area (Å²) in [5, 5.41) is 10.4. The average Bonchev–Trinajstić information content (AvgIpc) is 2.39. The second kappa shape index (κ2) is 5.01. The molecule has 2 heteroatoms. The molecule has 2 rings (SSSR count). The Morgan fingerprint density at radius 3 is 2.29 bits per heavy atom. The molecule has 0 spiro atoms. The van der Waals surface area contributed by atoms with Crippen LogP contribution < -0.4 is 0 Å². The van der Waals surface area contributed by atoms with Crippen LogP contribution in [-0.2, 0) is 6.42 Å². The van der Waals surface area contributed by atoms with Crippen molar-refractivity contribution in [2.45, 2.75) is 51.0 Å². The monoisotopic (exact) mass is 232 g/mol. The van der Waals surface area contributed by atoms with Gasteiger partial charge in [0.05, 0.1) is 0 Å². The summed E-state index contributed by atoms with van der Waals surface area (Å²) < 4.78 is 0. The van der Waals surface area contributed by atoms with Crippen molar-refractivity contribution in [3.05, 3.63) is 35.4 Å². The van der Waals surface area contributed by atoms with Gasteiger partial charge in [-0.2, -0.15) is 0 Å². The van der Waals surface area contributed by atoms with Crippen molar-refractivity contribution in [1.82, 2.24) is 0 Å². The quantitative estimate of drug-likeness (QED) is 0.813. The third-order valence-electron chi connectivity index (χ3n) is 3.73. The minimum atomic E-state index is -1.11. The van der Waals surface area contributed by atoms with Crippen LogP contribution in [0.1, 0.15) is 54.9 Å². The minimum Gasteiger partial charge on any atom is -0.382 e. The highest BCUT2D eigenvalue weighted by atomic mass is 16.3. The van der Waals surface area contributed by atoms with Crippen molar-refractivity contribution in [3.63, 3.8) is 0 Å². The van der Waals surface area contributed by atoms with Crippen LogP contribution in [0.3, 0.4) is 0 Å². The minimum absolute atomic E-state index is 0.0974. The molecule has 0 saturated heterocycles. The molecule has 0 atom stereocenters. The normalized spacial score (nSPS) is 18.9. The van der Waals surface area contributed by atoms with Crippen molar-refractivity contribution in [2.75, 3.05) is 0 Å². The third kappa shape index (κ3) is 2.58. The van der Waals surface area contributed by atoms with E-state index < -0.39 is 5.60 Å². The van der Waals surface area contributed by atoms with Gasteiger partial charge in [-0.15, -0.1) is 0 Å². The summed E-state index contributed by atoms with van der Waals surface area (Å²) in [6.45, 7) is 2.09. The molecule has 92 valence electrons. The van der Waals surface area contributed by atoms with E-state index in [1.165, 1.54) is 5.56 Å². The number of carbonyl (C=O) groups excluding carboxylic acids is 1. The van der Waals surface area contributed by atoms with E-state index in [-0.39, 0.29) is 5.78 Å². The number of Topliss-reactive ketones (excluding diaryl/α,β-unsaturated/α-hetero) is 1. The smallest absolute Gasteiger partial charge is 0.194 e. The molecule has 0 radical (unpaired) electrons. The van der Waals surface area contributed by atoms with E-state index in [2.05, 4.69) is 6.92 Å². The number of benzene rings is 1. The zero-order valence-electron chi connectivity index (χ0n) is 10.4. The Hall–Kier alpha value is -1.15. The molecule has 0 bridgehead atoms. The largest absolute Gasteiger partial charge is 0.382 e. The van der Waals surface area contributed by atoms with E-state index in [0.29, 0.717) is 18.4 Å². The fourth-order valence-corrected chi connectivity index (χ4v) is 2.52. The molecule has 1 N–H and O–H groups in total. The lowest BCUT2D eigenvalue weighted by atomic mass is 9.79. The van der Waals surface area contributed by atoms with Crippen molar-refractivity contribution < 1.29 is 9.90 Å². The fraction of sp³-hybridized carbons (Fsp3) is 0.533.